The summed E-state index contributed by atoms with van der Waals surface area (Å²) in [5.74, 6) is -3.19. The molecule has 1 aromatic carbocycles. The van der Waals surface area contributed by atoms with Gasteiger partial charge in [-0.3, -0.25) is 9.59 Å². The second-order valence-corrected chi connectivity index (χ2v) is 2.99. The molecule has 0 radical (unpaired) electrons. The molecule has 0 aromatic heterocycles. The molecule has 88 valence electrons. The van der Waals surface area contributed by atoms with Crippen LogP contribution in [0.15, 0.2) is 29.4 Å². The zero-order valence-electron chi connectivity index (χ0n) is 8.58. The number of nitrogens with one attached hydrogen (secondary N) is 1. The van der Waals surface area contributed by atoms with Crippen LogP contribution in [-0.2, 0) is 9.59 Å². The minimum absolute atomic E-state index is 0.142. The largest absolute Gasteiger partial charge is 0.478 e. The molecule has 7 heteroatoms. The minimum atomic E-state index is -1.14. The van der Waals surface area contributed by atoms with E-state index < -0.39 is 17.8 Å². The van der Waals surface area contributed by atoms with E-state index in [-0.39, 0.29) is 5.56 Å². The van der Waals surface area contributed by atoms with Gasteiger partial charge in [-0.25, -0.2) is 10.2 Å². The highest BCUT2D eigenvalue weighted by Gasteiger charge is 2.05. The van der Waals surface area contributed by atoms with Gasteiger partial charge in [0.25, 0.3) is 0 Å². The molecule has 0 atom stereocenters. The third kappa shape index (κ3) is 3.74. The predicted molar refractivity (Wildman–Crippen MR) is 58.3 cm³/mol. The Kier molecular flexibility index (Phi) is 3.93. The van der Waals surface area contributed by atoms with Crippen molar-refractivity contribution in [3.63, 3.8) is 0 Å². The highest BCUT2D eigenvalue weighted by molar-refractivity contribution is 6.34. The summed E-state index contributed by atoms with van der Waals surface area (Å²) in [6.45, 7) is 0. The van der Waals surface area contributed by atoms with E-state index in [2.05, 4.69) is 10.8 Å². The monoisotopic (exact) mass is 235 g/mol. The molecule has 0 fully saturated rings. The Hall–Kier alpha value is -2.70. The molecule has 0 aliphatic rings. The van der Waals surface area contributed by atoms with E-state index in [9.17, 15) is 14.4 Å². The van der Waals surface area contributed by atoms with Gasteiger partial charge in [-0.2, -0.15) is 5.10 Å². The first-order valence-electron chi connectivity index (χ1n) is 4.47. The fourth-order valence-corrected chi connectivity index (χ4v) is 0.932. The summed E-state index contributed by atoms with van der Waals surface area (Å²) >= 11 is 0. The molecule has 1 rings (SSSR count). The van der Waals surface area contributed by atoms with Crippen LogP contribution in [0.3, 0.4) is 0 Å². The first-order chi connectivity index (χ1) is 8.00. The second-order valence-electron chi connectivity index (χ2n) is 2.99. The number of rotatable bonds is 3. The lowest BCUT2D eigenvalue weighted by Gasteiger charge is -1.96. The van der Waals surface area contributed by atoms with Gasteiger partial charge in [0.05, 0.1) is 11.8 Å². The van der Waals surface area contributed by atoms with Gasteiger partial charge in [-0.15, -0.1) is 0 Å². The molecule has 17 heavy (non-hydrogen) atoms. The van der Waals surface area contributed by atoms with Crippen molar-refractivity contribution in [2.24, 2.45) is 10.8 Å². The average Bonchev–Trinajstić information content (AvgIpc) is 2.29. The van der Waals surface area contributed by atoms with Crippen LogP contribution in [0.5, 0.6) is 0 Å². The minimum Gasteiger partial charge on any atom is -0.478 e. The zero-order valence-corrected chi connectivity index (χ0v) is 8.58. The van der Waals surface area contributed by atoms with E-state index in [1.165, 1.54) is 30.5 Å². The van der Waals surface area contributed by atoms with Crippen LogP contribution < -0.4 is 11.2 Å². The zero-order chi connectivity index (χ0) is 12.8. The number of hydrogen-bond acceptors (Lipinski definition) is 4. The Morgan fingerprint density at radius 2 is 1.82 bits per heavy atom. The van der Waals surface area contributed by atoms with Crippen LogP contribution in [0, 0.1) is 0 Å². The fraction of sp³-hybridized carbons (Fsp3) is 0. The Bertz CT molecular complexity index is 479. The number of aromatic carboxylic acids is 1. The van der Waals surface area contributed by atoms with Crippen LogP contribution in [0.2, 0.25) is 0 Å². The molecule has 0 aliphatic carbocycles. The number of carbonyl (C=O) groups is 3. The van der Waals surface area contributed by atoms with Crippen molar-refractivity contribution < 1.29 is 19.5 Å². The molecule has 7 nitrogen and oxygen atoms in total. The Balaban J connectivity index is 2.63. The fourth-order valence-electron chi connectivity index (χ4n) is 0.932. The number of amides is 2. The van der Waals surface area contributed by atoms with Gasteiger partial charge < -0.3 is 10.8 Å². The standard InChI is InChI=1S/C10H9N3O4/c11-8(14)9(15)13-12-5-6-1-3-7(4-2-6)10(16)17/h1-5H,(H2,11,14)(H,13,15)(H,16,17). The highest BCUT2D eigenvalue weighted by atomic mass is 16.4. The van der Waals surface area contributed by atoms with Crippen LogP contribution in [0.1, 0.15) is 15.9 Å². The number of nitrogens with zero attached hydrogens (tertiary/aromatic N) is 1. The Morgan fingerprint density at radius 3 is 2.29 bits per heavy atom. The van der Waals surface area contributed by atoms with Gasteiger partial charge in [-0.05, 0) is 17.7 Å². The van der Waals surface area contributed by atoms with Crippen molar-refractivity contribution in [3.8, 4) is 0 Å². The van der Waals surface area contributed by atoms with Gasteiger partial charge in [0.15, 0.2) is 0 Å². The third-order valence-corrected chi connectivity index (χ3v) is 1.76. The van der Waals surface area contributed by atoms with E-state index in [0.29, 0.717) is 5.56 Å². The number of nitrogens with two attached hydrogens (primary N) is 1. The second kappa shape index (κ2) is 5.40. The van der Waals surface area contributed by atoms with Crippen molar-refractivity contribution in [1.29, 1.82) is 0 Å². The molecule has 4 N–H and O–H groups in total. The molecule has 0 aliphatic heterocycles. The molecular weight excluding hydrogens is 226 g/mol. The van der Waals surface area contributed by atoms with E-state index >= 15 is 0 Å². The average molecular weight is 235 g/mol. The van der Waals surface area contributed by atoms with Gasteiger partial charge in [0.2, 0.25) is 0 Å². The SMILES string of the molecule is NC(=O)C(=O)NN=Cc1ccc(C(=O)O)cc1. The van der Waals surface area contributed by atoms with Crippen molar-refractivity contribution in [1.82, 2.24) is 5.43 Å². The quantitative estimate of drug-likeness (QED) is 0.365. The Labute approximate surface area is 95.9 Å². The van der Waals surface area contributed by atoms with Gasteiger partial charge in [-0.1, -0.05) is 12.1 Å². The number of carbonyl (C=O) groups excluding carboxylic acids is 2. The number of hydrazone groups is 1. The van der Waals surface area contributed by atoms with Crippen molar-refractivity contribution >= 4 is 24.0 Å². The van der Waals surface area contributed by atoms with Crippen molar-refractivity contribution in [3.05, 3.63) is 35.4 Å². The van der Waals surface area contributed by atoms with Crippen LogP contribution in [0.25, 0.3) is 0 Å². The molecule has 0 saturated carbocycles. The smallest absolute Gasteiger partial charge is 0.335 e. The summed E-state index contributed by atoms with van der Waals surface area (Å²) in [4.78, 5) is 31.6. The summed E-state index contributed by atoms with van der Waals surface area (Å²) in [5, 5.41) is 12.1. The first-order valence-corrected chi connectivity index (χ1v) is 4.47. The lowest BCUT2D eigenvalue weighted by atomic mass is 10.1. The lowest BCUT2D eigenvalue weighted by molar-refractivity contribution is -0.137. The van der Waals surface area contributed by atoms with Crippen LogP contribution >= 0.6 is 0 Å². The van der Waals surface area contributed by atoms with Gasteiger partial charge in [0, 0.05) is 0 Å². The van der Waals surface area contributed by atoms with Gasteiger partial charge >= 0.3 is 17.8 Å². The van der Waals surface area contributed by atoms with Crippen molar-refractivity contribution in [2.45, 2.75) is 0 Å². The first kappa shape index (κ1) is 12.4. The maximum Gasteiger partial charge on any atom is 0.335 e. The number of benzene rings is 1. The van der Waals surface area contributed by atoms with E-state index in [4.69, 9.17) is 5.11 Å². The number of primary amides is 1. The summed E-state index contributed by atoms with van der Waals surface area (Å²) < 4.78 is 0. The normalized spacial score (nSPS) is 10.1. The Morgan fingerprint density at radius 1 is 1.24 bits per heavy atom. The highest BCUT2D eigenvalue weighted by Crippen LogP contribution is 2.01. The number of carboxylic acids is 1. The maximum absolute atomic E-state index is 10.7. The van der Waals surface area contributed by atoms with Crippen molar-refractivity contribution in [2.75, 3.05) is 0 Å². The summed E-state index contributed by atoms with van der Waals surface area (Å²) in [7, 11) is 0. The predicted octanol–water partition coefficient (Wildman–Crippen LogP) is -0.680. The topological polar surface area (TPSA) is 122 Å². The molecule has 0 unspecified atom stereocenters. The molecule has 0 spiro atoms. The molecular formula is C10H9N3O4. The number of carboxylic acid groups (broad SMARTS) is 1. The van der Waals surface area contributed by atoms with E-state index in [1.807, 2.05) is 5.43 Å². The summed E-state index contributed by atoms with van der Waals surface area (Å²) in [5.41, 5.74) is 7.30. The van der Waals surface area contributed by atoms with E-state index in [0.717, 1.165) is 0 Å². The summed E-state index contributed by atoms with van der Waals surface area (Å²) in [6.07, 6.45) is 1.26. The molecule has 0 saturated heterocycles. The lowest BCUT2D eigenvalue weighted by Crippen LogP contribution is -2.32. The molecule has 1 aromatic rings. The molecule has 2 amide bonds. The number of hydrogen-bond donors (Lipinski definition) is 3. The van der Waals surface area contributed by atoms with Crippen LogP contribution in [-0.4, -0.2) is 29.1 Å². The molecule has 0 heterocycles. The third-order valence-electron chi connectivity index (χ3n) is 1.76. The van der Waals surface area contributed by atoms with Gasteiger partial charge in [0.1, 0.15) is 0 Å². The van der Waals surface area contributed by atoms with E-state index in [1.54, 1.807) is 0 Å². The maximum atomic E-state index is 10.7. The summed E-state index contributed by atoms with van der Waals surface area (Å²) in [6, 6.07) is 5.78. The van der Waals surface area contributed by atoms with Crippen LogP contribution in [0.4, 0.5) is 0 Å². The molecule has 0 bridgehead atoms.